The highest BCUT2D eigenvalue weighted by molar-refractivity contribution is 6.16. The van der Waals surface area contributed by atoms with Crippen molar-refractivity contribution in [3.05, 3.63) is 262 Å². The highest BCUT2D eigenvalue weighted by Crippen LogP contribution is 2.26. The van der Waals surface area contributed by atoms with Crippen LogP contribution in [0.25, 0.3) is 54.5 Å². The number of nitro benzene ring substituents is 1. The van der Waals surface area contributed by atoms with Gasteiger partial charge in [-0.25, -0.2) is 24.2 Å². The van der Waals surface area contributed by atoms with E-state index in [1.54, 1.807) is 48.5 Å². The lowest BCUT2D eigenvalue weighted by molar-refractivity contribution is -0.384. The van der Waals surface area contributed by atoms with Gasteiger partial charge in [0, 0.05) is 68.1 Å². The SMILES string of the molecule is CC(=O)N[C@@H](CCCCNC(=O)c1c2ccccc2nc2ccccc12)C(=O)NCC(=O)N[C@@H](CCCNC(=N)N)C(=O)N[C@H](Cn1ccc(=O)[nH]c1=O)C(=O)N[C@@H](Cc1ccc([N+](=O)[O-])cc1)C(=O)N[C@H](Cn1c(=O)[nH]c2ccccc2c1=O)C(=O)N[C@H](Cn1c(=O)[nH]c2ccccc2c1=O)C(=O)N[C@H](Cn1c(=O)[nH]c2ccccc2c1=O)C(=O)N[C@@H](CCCNC(=N)N)C(N)=O. The first-order valence-electron chi connectivity index (χ1n) is 41.5. The fourth-order valence-electron chi connectivity index (χ4n) is 14.5. The van der Waals surface area contributed by atoms with Crippen molar-refractivity contribution in [2.45, 2.75) is 133 Å². The molecule has 694 valence electrons. The maximum absolute atomic E-state index is 15.8. The number of rotatable bonds is 43. The molecule has 0 saturated heterocycles. The first-order valence-corrected chi connectivity index (χ1v) is 41.5. The zero-order valence-electron chi connectivity index (χ0n) is 70.9. The number of para-hydroxylation sites is 5. The topological polar surface area (TPSA) is 733 Å². The van der Waals surface area contributed by atoms with Gasteiger partial charge in [-0.15, -0.1) is 0 Å². The largest absolute Gasteiger partial charge is 0.370 e. The molecular weight excluding hydrogens is 1740 g/mol. The highest BCUT2D eigenvalue weighted by atomic mass is 16.6. The molecule has 6 aromatic carbocycles. The van der Waals surface area contributed by atoms with Gasteiger partial charge in [-0.2, -0.15) is 0 Å². The van der Waals surface area contributed by atoms with Crippen molar-refractivity contribution >= 4 is 137 Å². The lowest BCUT2D eigenvalue weighted by atomic mass is 10.0. The number of aromatic amines is 4. The first-order chi connectivity index (χ1) is 63.6. The Morgan fingerprint density at radius 1 is 0.406 bits per heavy atom. The van der Waals surface area contributed by atoms with E-state index in [9.17, 15) is 82.0 Å². The molecule has 5 aromatic heterocycles. The number of carbonyl (C=O) groups excluding carboxylic acids is 11. The van der Waals surface area contributed by atoms with Crippen LogP contribution in [-0.2, 0) is 80.5 Å². The number of non-ortho nitro benzene ring substituents is 1. The molecule has 0 spiro atoms. The third-order valence-corrected chi connectivity index (χ3v) is 21.2. The molecule has 0 aliphatic rings. The van der Waals surface area contributed by atoms with Gasteiger partial charge in [-0.3, -0.25) is 116 Å². The summed E-state index contributed by atoms with van der Waals surface area (Å²) in [5.41, 5.74) is 8.75. The average Bonchev–Trinajstić information content (AvgIpc) is 0.765. The van der Waals surface area contributed by atoms with Crippen molar-refractivity contribution in [1.82, 2.24) is 107 Å². The van der Waals surface area contributed by atoms with E-state index in [4.69, 9.17) is 28.0 Å². The molecule has 11 rings (SSSR count). The summed E-state index contributed by atoms with van der Waals surface area (Å²) in [6.07, 6.45) is -0.0293. The number of aromatic nitrogens is 9. The van der Waals surface area contributed by atoms with Gasteiger partial charge < -0.3 is 96.0 Å². The van der Waals surface area contributed by atoms with Crippen LogP contribution in [0.1, 0.15) is 67.8 Å². The number of primary amides is 1. The van der Waals surface area contributed by atoms with E-state index in [1.165, 1.54) is 72.8 Å². The van der Waals surface area contributed by atoms with E-state index >= 15 is 19.2 Å². The molecule has 0 unspecified atom stereocenters. The second-order valence-corrected chi connectivity index (χ2v) is 30.7. The summed E-state index contributed by atoms with van der Waals surface area (Å²) in [5, 5.41) is 57.6. The number of hydrogen-bond donors (Lipinski definition) is 21. The molecule has 24 N–H and O–H groups in total. The number of nitro groups is 1. The number of guanidine groups is 2. The molecule has 0 radical (unpaired) electrons. The zero-order chi connectivity index (χ0) is 95.9. The average molecular weight is 1830 g/mol. The lowest BCUT2D eigenvalue weighted by Crippen LogP contribution is -2.63. The number of benzene rings is 6. The zero-order valence-corrected chi connectivity index (χ0v) is 70.9. The normalized spacial score (nSPS) is 13.0. The summed E-state index contributed by atoms with van der Waals surface area (Å²) in [7, 11) is 0. The van der Waals surface area contributed by atoms with Gasteiger partial charge in [0.1, 0.15) is 48.3 Å². The standard InChI is InChI=1S/C85H93N27O21/c1-44(113)95-58(26-12-13-34-91-76(124)67-47-16-2-7-21-52(47)96-53-22-8-3-17-48(53)67)69(117)94-39-66(115)97-59(28-15-36-93-81(89)90)70(118)100-61(40-108-37-33-65(114)107-82(108)128)72(120)99-60(38-45-29-31-46(32-30-45)112(132)133)71(119)101-63(42-110-78(126)50-19-5-10-24-55(50)105-84(110)130)74(122)103-64(43-111-79(127)51-20-6-11-25-56(51)106-85(111)131)75(123)102-62(73(121)98-57(68(86)116)27-14-35-92-80(87)88)41-109-77(125)49-18-4-9-23-54(49)104-83(109)129/h2-11,16-25,29-33,37,57-64H,12-15,26-28,34-36,38-43H2,1H3,(H2,86,116)(H,91,124)(H,94,117)(H,95,113)(H,97,115)(H,98,121)(H,99,120)(H,100,118)(H,101,119)(H,102,123)(H,103,122)(H,104,129)(H,105,130)(H,106,131)(H4,87,88,92)(H4,89,90,93)(H,107,114,128)/t57-,58-,59-,60-,61+,62+,63+,64+/m0/s1. The Morgan fingerprint density at radius 2 is 0.789 bits per heavy atom. The van der Waals surface area contributed by atoms with Gasteiger partial charge in [0.15, 0.2) is 11.9 Å². The summed E-state index contributed by atoms with van der Waals surface area (Å²) in [6, 6.07) is 20.0. The van der Waals surface area contributed by atoms with Gasteiger partial charge >= 0.3 is 22.8 Å². The van der Waals surface area contributed by atoms with Crippen molar-refractivity contribution in [3.8, 4) is 0 Å². The van der Waals surface area contributed by atoms with Gasteiger partial charge in [-0.1, -0.05) is 84.9 Å². The molecule has 8 atom stereocenters. The molecular formula is C85H93N27O21. The number of pyridine rings is 1. The molecule has 0 aliphatic carbocycles. The molecule has 0 aliphatic heterocycles. The number of nitrogens with zero attached hydrogens (tertiary/aromatic N) is 6. The van der Waals surface area contributed by atoms with E-state index in [0.29, 0.717) is 47.5 Å². The number of nitrogens with two attached hydrogens (primary N) is 3. The third kappa shape index (κ3) is 25.3. The highest BCUT2D eigenvalue weighted by Gasteiger charge is 2.38. The fraction of sp³-hybridized carbons (Fsp3) is 0.294. The van der Waals surface area contributed by atoms with Crippen LogP contribution in [0, 0.1) is 20.9 Å². The molecule has 133 heavy (non-hydrogen) atoms. The Balaban J connectivity index is 0.905. The van der Waals surface area contributed by atoms with Crippen molar-refractivity contribution in [1.29, 1.82) is 10.8 Å². The van der Waals surface area contributed by atoms with Crippen LogP contribution in [0.4, 0.5) is 5.69 Å². The van der Waals surface area contributed by atoms with Crippen molar-refractivity contribution in [2.24, 2.45) is 17.2 Å². The number of carbonyl (C=O) groups is 11. The van der Waals surface area contributed by atoms with Crippen molar-refractivity contribution < 1.29 is 57.7 Å². The minimum atomic E-state index is -2.43. The van der Waals surface area contributed by atoms with Crippen LogP contribution >= 0.6 is 0 Å². The Bertz CT molecular complexity index is 6840. The second kappa shape index (κ2) is 44.4. The lowest BCUT2D eigenvalue weighted by Gasteiger charge is -2.28. The summed E-state index contributed by atoms with van der Waals surface area (Å²) in [5.74, 6) is -13.7. The predicted molar refractivity (Wildman–Crippen MR) is 482 cm³/mol. The Morgan fingerprint density at radius 3 is 1.23 bits per heavy atom. The van der Waals surface area contributed by atoms with Gasteiger partial charge in [0.25, 0.3) is 33.8 Å². The molecule has 11 amide bonds. The summed E-state index contributed by atoms with van der Waals surface area (Å²) >= 11 is 0. The van der Waals surface area contributed by atoms with E-state index in [2.05, 4.69) is 83.7 Å². The van der Waals surface area contributed by atoms with Crippen molar-refractivity contribution in [3.63, 3.8) is 0 Å². The third-order valence-electron chi connectivity index (χ3n) is 21.2. The summed E-state index contributed by atoms with van der Waals surface area (Å²) in [6.45, 7) is -4.30. The van der Waals surface area contributed by atoms with Crippen molar-refractivity contribution in [2.75, 3.05) is 26.2 Å². The number of hydrogen-bond acceptors (Lipinski definition) is 24. The van der Waals surface area contributed by atoms with Gasteiger partial charge in [0.2, 0.25) is 59.1 Å². The van der Waals surface area contributed by atoms with Gasteiger partial charge in [-0.05, 0) is 99.0 Å². The van der Waals surface area contributed by atoms with E-state index in [1.807, 2.05) is 4.98 Å². The van der Waals surface area contributed by atoms with E-state index in [0.717, 1.165) is 48.0 Å². The second-order valence-electron chi connectivity index (χ2n) is 30.7. The van der Waals surface area contributed by atoms with Crippen LogP contribution < -0.4 is 126 Å². The van der Waals surface area contributed by atoms with Crippen LogP contribution in [0.5, 0.6) is 0 Å². The molecule has 48 heteroatoms. The number of fused-ring (bicyclic) bond motifs is 5. The van der Waals surface area contributed by atoms with E-state index < -0.39 is 214 Å². The van der Waals surface area contributed by atoms with E-state index in [-0.39, 0.29) is 102 Å². The minimum Gasteiger partial charge on any atom is -0.370 e. The maximum atomic E-state index is 15.8. The molecule has 0 saturated carbocycles. The quantitative estimate of drug-likeness (QED) is 0.00425. The smallest absolute Gasteiger partial charge is 0.328 e. The molecule has 48 nitrogen and oxygen atoms in total. The first kappa shape index (κ1) is 96.2. The summed E-state index contributed by atoms with van der Waals surface area (Å²) < 4.78 is 2.06. The molecule has 5 heterocycles. The molecule has 0 bridgehead atoms. The molecule has 0 fully saturated rings. The minimum absolute atomic E-state index is 0.00202. The van der Waals surface area contributed by atoms with Crippen LogP contribution in [0.3, 0.4) is 0 Å². The van der Waals surface area contributed by atoms with Crippen LogP contribution in [0.2, 0.25) is 0 Å². The molecule has 11 aromatic rings. The number of unbranched alkanes of at least 4 members (excludes halogenated alkanes) is 1. The van der Waals surface area contributed by atoms with Gasteiger partial charge in [0.05, 0.1) is 87.0 Å². The Kier molecular flexibility index (Phi) is 32.1. The Hall–Kier alpha value is -17.4. The monoisotopic (exact) mass is 1830 g/mol. The Labute approximate surface area is 748 Å². The van der Waals surface area contributed by atoms with Crippen LogP contribution in [0.15, 0.2) is 196 Å². The number of H-pyrrole nitrogens is 4. The summed E-state index contributed by atoms with van der Waals surface area (Å²) in [4.78, 5) is 297. The van der Waals surface area contributed by atoms with Crippen LogP contribution in [-0.4, -0.2) is 200 Å². The fourth-order valence-corrected chi connectivity index (χ4v) is 14.5. The predicted octanol–water partition coefficient (Wildman–Crippen LogP) is -4.87. The number of amides is 11. The number of nitrogens with one attached hydrogen (secondary N) is 18. The maximum Gasteiger partial charge on any atom is 0.328 e.